The number of nitrogens with two attached hydrogens (primary N) is 1. The van der Waals surface area contributed by atoms with E-state index in [2.05, 4.69) is 10.5 Å². The molecule has 5 heteroatoms. The van der Waals surface area contributed by atoms with Crippen LogP contribution in [0.25, 0.3) is 0 Å². The van der Waals surface area contributed by atoms with Crippen LogP contribution in [-0.2, 0) is 4.79 Å². The highest BCUT2D eigenvalue weighted by Gasteiger charge is 2.25. The summed E-state index contributed by atoms with van der Waals surface area (Å²) in [4.78, 5) is 11.7. The van der Waals surface area contributed by atoms with Crippen molar-refractivity contribution in [1.29, 1.82) is 0 Å². The van der Waals surface area contributed by atoms with Gasteiger partial charge in [-0.1, -0.05) is 18.0 Å². The highest BCUT2D eigenvalue weighted by molar-refractivity contribution is 6.01. The van der Waals surface area contributed by atoms with Crippen molar-refractivity contribution in [3.05, 3.63) is 0 Å². The van der Waals surface area contributed by atoms with Gasteiger partial charge in [-0.15, -0.1) is 0 Å². The minimum Gasteiger partial charge on any atom is -0.409 e. The van der Waals surface area contributed by atoms with Crippen LogP contribution in [0.2, 0.25) is 0 Å². The molecule has 16 heavy (non-hydrogen) atoms. The van der Waals surface area contributed by atoms with E-state index in [1.54, 1.807) is 6.92 Å². The van der Waals surface area contributed by atoms with Gasteiger partial charge >= 0.3 is 0 Å². The van der Waals surface area contributed by atoms with Crippen molar-refractivity contribution >= 4 is 11.7 Å². The standard InChI is InChI=1S/C11H21N3O2/c1-7(10(12)14-16)11(15)13-8(2)9-5-3-4-6-9/h7-9,16H,3-6H2,1-2H3,(H2,12,14)(H,13,15). The van der Waals surface area contributed by atoms with E-state index in [4.69, 9.17) is 10.9 Å². The van der Waals surface area contributed by atoms with Gasteiger partial charge in [0.05, 0.1) is 5.92 Å². The number of oxime groups is 1. The van der Waals surface area contributed by atoms with Crippen LogP contribution in [0.4, 0.5) is 0 Å². The van der Waals surface area contributed by atoms with Crippen molar-refractivity contribution in [2.75, 3.05) is 0 Å². The van der Waals surface area contributed by atoms with E-state index in [0.717, 1.165) is 0 Å². The van der Waals surface area contributed by atoms with E-state index in [-0.39, 0.29) is 17.8 Å². The number of nitrogens with zero attached hydrogens (tertiary/aromatic N) is 1. The normalized spacial score (nSPS) is 21.8. The lowest BCUT2D eigenvalue weighted by molar-refractivity contribution is -0.123. The summed E-state index contributed by atoms with van der Waals surface area (Å²) < 4.78 is 0. The van der Waals surface area contributed by atoms with E-state index < -0.39 is 5.92 Å². The Kier molecular flexibility index (Phi) is 4.58. The summed E-state index contributed by atoms with van der Waals surface area (Å²) in [5.74, 6) is -0.219. The molecule has 1 rings (SSSR count). The van der Waals surface area contributed by atoms with Crippen LogP contribution in [0.3, 0.4) is 0 Å². The molecule has 2 unspecified atom stereocenters. The number of carbonyl (C=O) groups excluding carboxylic acids is 1. The van der Waals surface area contributed by atoms with Gasteiger partial charge in [-0.25, -0.2) is 0 Å². The molecule has 4 N–H and O–H groups in total. The predicted octanol–water partition coefficient (Wildman–Crippen LogP) is 1.06. The Bertz CT molecular complexity index is 272. The SMILES string of the molecule is CC(C(=O)NC(C)C1CCCC1)C(N)=NO. The quantitative estimate of drug-likeness (QED) is 0.290. The average Bonchev–Trinajstić information content (AvgIpc) is 2.80. The fraction of sp³-hybridized carbons (Fsp3) is 0.818. The molecule has 0 saturated heterocycles. The molecule has 5 nitrogen and oxygen atoms in total. The van der Waals surface area contributed by atoms with Gasteiger partial charge in [-0.05, 0) is 32.6 Å². The molecular formula is C11H21N3O2. The van der Waals surface area contributed by atoms with E-state index in [0.29, 0.717) is 5.92 Å². The smallest absolute Gasteiger partial charge is 0.230 e. The third-order valence-electron chi connectivity index (χ3n) is 3.43. The van der Waals surface area contributed by atoms with E-state index >= 15 is 0 Å². The van der Waals surface area contributed by atoms with Crippen LogP contribution in [0.5, 0.6) is 0 Å². The van der Waals surface area contributed by atoms with Crippen LogP contribution < -0.4 is 11.1 Å². The van der Waals surface area contributed by atoms with Gasteiger partial charge in [0.1, 0.15) is 0 Å². The third kappa shape index (κ3) is 3.12. The number of nitrogens with one attached hydrogen (secondary N) is 1. The van der Waals surface area contributed by atoms with Crippen molar-refractivity contribution in [2.45, 2.75) is 45.6 Å². The Morgan fingerprint density at radius 1 is 1.44 bits per heavy atom. The molecule has 1 aliphatic carbocycles. The molecule has 0 aliphatic heterocycles. The van der Waals surface area contributed by atoms with Crippen LogP contribution in [0.15, 0.2) is 5.16 Å². The van der Waals surface area contributed by atoms with Gasteiger partial charge in [0.15, 0.2) is 5.84 Å². The fourth-order valence-electron chi connectivity index (χ4n) is 2.15. The van der Waals surface area contributed by atoms with Crippen LogP contribution in [-0.4, -0.2) is 23.0 Å². The van der Waals surface area contributed by atoms with Gasteiger partial charge < -0.3 is 16.3 Å². The maximum absolute atomic E-state index is 11.7. The van der Waals surface area contributed by atoms with E-state index in [1.807, 2.05) is 6.92 Å². The van der Waals surface area contributed by atoms with Crippen LogP contribution in [0.1, 0.15) is 39.5 Å². The van der Waals surface area contributed by atoms with Gasteiger partial charge in [0.25, 0.3) is 0 Å². The van der Waals surface area contributed by atoms with E-state index in [9.17, 15) is 4.79 Å². The van der Waals surface area contributed by atoms with Gasteiger partial charge in [0, 0.05) is 6.04 Å². The largest absolute Gasteiger partial charge is 0.409 e. The summed E-state index contributed by atoms with van der Waals surface area (Å²) in [6, 6.07) is 0.170. The molecule has 92 valence electrons. The second kappa shape index (κ2) is 5.72. The first-order chi connectivity index (χ1) is 7.56. The molecule has 0 heterocycles. The molecule has 1 amide bonds. The minimum absolute atomic E-state index is 0.0453. The number of hydrogen-bond acceptors (Lipinski definition) is 3. The summed E-state index contributed by atoms with van der Waals surface area (Å²) in [5.41, 5.74) is 5.39. The number of carbonyl (C=O) groups is 1. The number of rotatable bonds is 4. The topological polar surface area (TPSA) is 87.7 Å². The first-order valence-electron chi connectivity index (χ1n) is 5.84. The summed E-state index contributed by atoms with van der Waals surface area (Å²) in [7, 11) is 0. The first kappa shape index (κ1) is 12.8. The van der Waals surface area contributed by atoms with Gasteiger partial charge in [-0.2, -0.15) is 0 Å². The molecule has 1 fully saturated rings. The maximum Gasteiger partial charge on any atom is 0.230 e. The van der Waals surface area contributed by atoms with Crippen LogP contribution in [0, 0.1) is 11.8 Å². The summed E-state index contributed by atoms with van der Waals surface area (Å²) >= 11 is 0. The average molecular weight is 227 g/mol. The highest BCUT2D eigenvalue weighted by atomic mass is 16.4. The molecule has 1 aliphatic rings. The monoisotopic (exact) mass is 227 g/mol. The Hall–Kier alpha value is -1.26. The Morgan fingerprint density at radius 2 is 2.00 bits per heavy atom. The number of hydrogen-bond donors (Lipinski definition) is 3. The van der Waals surface area contributed by atoms with Crippen molar-refractivity contribution in [2.24, 2.45) is 22.7 Å². The molecule has 0 bridgehead atoms. The molecule has 1 saturated carbocycles. The van der Waals surface area contributed by atoms with Gasteiger partial charge in [0.2, 0.25) is 5.91 Å². The Morgan fingerprint density at radius 3 is 2.50 bits per heavy atom. The van der Waals surface area contributed by atoms with Crippen molar-refractivity contribution in [3.8, 4) is 0 Å². The third-order valence-corrected chi connectivity index (χ3v) is 3.43. The molecule has 0 spiro atoms. The molecular weight excluding hydrogens is 206 g/mol. The zero-order chi connectivity index (χ0) is 12.1. The predicted molar refractivity (Wildman–Crippen MR) is 62.1 cm³/mol. The lowest BCUT2D eigenvalue weighted by Crippen LogP contribution is -2.43. The van der Waals surface area contributed by atoms with E-state index in [1.165, 1.54) is 25.7 Å². The van der Waals surface area contributed by atoms with Crippen molar-refractivity contribution < 1.29 is 10.0 Å². The maximum atomic E-state index is 11.7. The molecule has 2 atom stereocenters. The van der Waals surface area contributed by atoms with Crippen molar-refractivity contribution in [1.82, 2.24) is 5.32 Å². The lowest BCUT2D eigenvalue weighted by Gasteiger charge is -2.22. The Labute approximate surface area is 96.1 Å². The van der Waals surface area contributed by atoms with Crippen molar-refractivity contribution in [3.63, 3.8) is 0 Å². The molecule has 0 aromatic carbocycles. The number of amides is 1. The second-order valence-corrected chi connectivity index (χ2v) is 4.59. The zero-order valence-electron chi connectivity index (χ0n) is 9.94. The number of amidine groups is 1. The molecule has 0 aromatic heterocycles. The summed E-state index contributed by atoms with van der Waals surface area (Å²) in [5, 5.41) is 14.3. The highest BCUT2D eigenvalue weighted by Crippen LogP contribution is 2.27. The fourth-order valence-corrected chi connectivity index (χ4v) is 2.15. The summed E-state index contributed by atoms with van der Waals surface area (Å²) in [6.45, 7) is 3.65. The van der Waals surface area contributed by atoms with Gasteiger partial charge in [-0.3, -0.25) is 4.79 Å². The lowest BCUT2D eigenvalue weighted by atomic mass is 9.99. The second-order valence-electron chi connectivity index (χ2n) is 4.59. The minimum atomic E-state index is -0.575. The first-order valence-corrected chi connectivity index (χ1v) is 5.84. The molecule has 0 aromatic rings. The van der Waals surface area contributed by atoms with Crippen LogP contribution >= 0.6 is 0 Å². The Balaban J connectivity index is 2.44. The summed E-state index contributed by atoms with van der Waals surface area (Å²) in [6.07, 6.45) is 4.86. The zero-order valence-corrected chi connectivity index (χ0v) is 9.94. The molecule has 0 radical (unpaired) electrons.